The molecule has 8 nitrogen and oxygen atoms in total. The number of fused-ring (bicyclic) bond motifs is 1. The number of nitrogens with zero attached hydrogens (tertiary/aromatic N) is 5. The van der Waals surface area contributed by atoms with Crippen molar-refractivity contribution in [1.29, 1.82) is 0 Å². The molecule has 0 aliphatic carbocycles. The molecule has 3 aromatic heterocycles. The highest BCUT2D eigenvalue weighted by atomic mass is 16.5. The molecule has 1 amide bonds. The molecule has 0 atom stereocenters. The molecular weight excluding hydrogens is 416 g/mol. The molecule has 0 unspecified atom stereocenters. The van der Waals surface area contributed by atoms with Crippen molar-refractivity contribution in [3.8, 4) is 11.4 Å². The Balaban J connectivity index is 1.29. The summed E-state index contributed by atoms with van der Waals surface area (Å²) in [6.45, 7) is 4.11. The fourth-order valence-electron chi connectivity index (χ4n) is 4.03. The van der Waals surface area contributed by atoms with Gasteiger partial charge in [0, 0.05) is 50.3 Å². The number of para-hydroxylation sites is 1. The van der Waals surface area contributed by atoms with Crippen molar-refractivity contribution >= 4 is 22.8 Å². The molecule has 0 radical (unpaired) electrons. The first-order valence-electron chi connectivity index (χ1n) is 11.2. The molecule has 0 spiro atoms. The van der Waals surface area contributed by atoms with Crippen LogP contribution in [0.4, 0.5) is 5.95 Å². The Kier molecular flexibility index (Phi) is 6.25. The number of carbonyl (C=O) groups is 1. The number of amides is 1. The first-order valence-corrected chi connectivity index (χ1v) is 11.2. The number of benzene rings is 1. The summed E-state index contributed by atoms with van der Waals surface area (Å²) in [4.78, 5) is 28.7. The average molecular weight is 443 g/mol. The normalized spacial score (nSPS) is 13.9. The van der Waals surface area contributed by atoms with Crippen LogP contribution in [0.15, 0.2) is 67.1 Å². The van der Waals surface area contributed by atoms with Gasteiger partial charge in [-0.15, -0.1) is 0 Å². The van der Waals surface area contributed by atoms with Crippen LogP contribution in [0.2, 0.25) is 0 Å². The van der Waals surface area contributed by atoms with Gasteiger partial charge in [0.15, 0.2) is 0 Å². The SMILES string of the molecule is O=C(NCCCn1ccc2ccccc21)c1cnc(N2CCOCC2)nc1-c1ccccn1. The van der Waals surface area contributed by atoms with Crippen LogP contribution in [0.5, 0.6) is 0 Å². The van der Waals surface area contributed by atoms with Crippen molar-refractivity contribution in [3.63, 3.8) is 0 Å². The van der Waals surface area contributed by atoms with E-state index in [0.29, 0.717) is 42.7 Å². The number of hydrogen-bond acceptors (Lipinski definition) is 6. The third kappa shape index (κ3) is 4.70. The summed E-state index contributed by atoms with van der Waals surface area (Å²) in [5, 5.41) is 4.25. The molecule has 33 heavy (non-hydrogen) atoms. The summed E-state index contributed by atoms with van der Waals surface area (Å²) in [7, 11) is 0. The molecule has 1 aliphatic heterocycles. The lowest BCUT2D eigenvalue weighted by Gasteiger charge is -2.27. The van der Waals surface area contributed by atoms with Gasteiger partial charge < -0.3 is 19.5 Å². The second-order valence-corrected chi connectivity index (χ2v) is 7.92. The zero-order chi connectivity index (χ0) is 22.5. The first kappa shape index (κ1) is 21.1. The quantitative estimate of drug-likeness (QED) is 0.443. The maximum absolute atomic E-state index is 13.0. The van der Waals surface area contributed by atoms with E-state index in [4.69, 9.17) is 9.72 Å². The van der Waals surface area contributed by atoms with Gasteiger partial charge in [0.05, 0.1) is 24.5 Å². The highest BCUT2D eigenvalue weighted by Gasteiger charge is 2.20. The van der Waals surface area contributed by atoms with Gasteiger partial charge >= 0.3 is 0 Å². The van der Waals surface area contributed by atoms with Crippen molar-refractivity contribution in [1.82, 2.24) is 24.8 Å². The Morgan fingerprint density at radius 1 is 1.03 bits per heavy atom. The number of nitrogens with one attached hydrogen (secondary N) is 1. The second-order valence-electron chi connectivity index (χ2n) is 7.92. The standard InChI is InChI=1S/C25H26N6O2/c32-24(27-11-5-12-30-13-9-19-6-1-2-8-22(19)30)20-18-28-25(31-14-16-33-17-15-31)29-23(20)21-7-3-4-10-26-21/h1-4,6-10,13,18H,5,11-12,14-17H2,(H,27,32). The predicted octanol–water partition coefficient (Wildman–Crippen LogP) is 3.15. The zero-order valence-corrected chi connectivity index (χ0v) is 18.4. The van der Waals surface area contributed by atoms with Gasteiger partial charge in [-0.25, -0.2) is 9.97 Å². The average Bonchev–Trinajstić information content (AvgIpc) is 3.30. The number of aromatic nitrogens is 4. The number of carbonyl (C=O) groups excluding carboxylic acids is 1. The molecule has 1 fully saturated rings. The van der Waals surface area contributed by atoms with E-state index in [1.165, 1.54) is 10.9 Å². The van der Waals surface area contributed by atoms with Crippen LogP contribution in [0.25, 0.3) is 22.3 Å². The Hall–Kier alpha value is -3.78. The minimum Gasteiger partial charge on any atom is -0.378 e. The number of aryl methyl sites for hydroxylation is 1. The van der Waals surface area contributed by atoms with E-state index in [0.717, 1.165) is 26.1 Å². The summed E-state index contributed by atoms with van der Waals surface area (Å²) in [5.41, 5.74) is 2.82. The van der Waals surface area contributed by atoms with Gasteiger partial charge in [-0.05, 0) is 36.1 Å². The number of pyridine rings is 1. The minimum atomic E-state index is -0.193. The monoisotopic (exact) mass is 442 g/mol. The molecule has 1 N–H and O–H groups in total. The molecule has 1 aromatic carbocycles. The molecule has 4 aromatic rings. The van der Waals surface area contributed by atoms with Crippen LogP contribution < -0.4 is 10.2 Å². The van der Waals surface area contributed by atoms with Crippen molar-refractivity contribution in [2.24, 2.45) is 0 Å². The minimum absolute atomic E-state index is 0.193. The van der Waals surface area contributed by atoms with E-state index in [1.54, 1.807) is 12.4 Å². The van der Waals surface area contributed by atoms with E-state index in [2.05, 4.69) is 49.1 Å². The van der Waals surface area contributed by atoms with Crippen LogP contribution in [0, 0.1) is 0 Å². The van der Waals surface area contributed by atoms with Crippen LogP contribution >= 0.6 is 0 Å². The maximum atomic E-state index is 13.0. The molecule has 0 saturated carbocycles. The van der Waals surface area contributed by atoms with Gasteiger partial charge in [0.2, 0.25) is 5.95 Å². The lowest BCUT2D eigenvalue weighted by atomic mass is 10.1. The van der Waals surface area contributed by atoms with E-state index in [9.17, 15) is 4.79 Å². The molecule has 5 rings (SSSR count). The summed E-state index contributed by atoms with van der Waals surface area (Å²) < 4.78 is 7.64. The highest BCUT2D eigenvalue weighted by molar-refractivity contribution is 5.99. The van der Waals surface area contributed by atoms with Crippen molar-refractivity contribution < 1.29 is 9.53 Å². The smallest absolute Gasteiger partial charge is 0.255 e. The summed E-state index contributed by atoms with van der Waals surface area (Å²) in [6.07, 6.45) is 6.21. The van der Waals surface area contributed by atoms with Gasteiger partial charge in [-0.2, -0.15) is 0 Å². The Labute approximate surface area is 192 Å². The molecular formula is C25H26N6O2. The molecule has 168 valence electrons. The van der Waals surface area contributed by atoms with Gasteiger partial charge in [0.1, 0.15) is 5.69 Å². The number of hydrogen-bond donors (Lipinski definition) is 1. The molecule has 4 heterocycles. The van der Waals surface area contributed by atoms with Gasteiger partial charge in [-0.3, -0.25) is 9.78 Å². The third-order valence-electron chi connectivity index (χ3n) is 5.76. The van der Waals surface area contributed by atoms with E-state index in [-0.39, 0.29) is 5.91 Å². The highest BCUT2D eigenvalue weighted by Crippen LogP contribution is 2.22. The van der Waals surface area contributed by atoms with E-state index >= 15 is 0 Å². The topological polar surface area (TPSA) is 85.2 Å². The first-order chi connectivity index (χ1) is 16.3. The van der Waals surface area contributed by atoms with Crippen molar-refractivity contribution in [2.45, 2.75) is 13.0 Å². The molecule has 1 saturated heterocycles. The fraction of sp³-hybridized carbons (Fsp3) is 0.280. The zero-order valence-electron chi connectivity index (χ0n) is 18.4. The summed E-state index contributed by atoms with van der Waals surface area (Å²) in [6, 6.07) is 16.0. The number of morpholine rings is 1. The van der Waals surface area contributed by atoms with Crippen molar-refractivity contribution in [2.75, 3.05) is 37.7 Å². The number of ether oxygens (including phenoxy) is 1. The Morgan fingerprint density at radius 3 is 2.73 bits per heavy atom. The maximum Gasteiger partial charge on any atom is 0.255 e. The largest absolute Gasteiger partial charge is 0.378 e. The second kappa shape index (κ2) is 9.79. The predicted molar refractivity (Wildman–Crippen MR) is 127 cm³/mol. The van der Waals surface area contributed by atoms with Crippen LogP contribution in [0.1, 0.15) is 16.8 Å². The van der Waals surface area contributed by atoms with Crippen molar-refractivity contribution in [3.05, 3.63) is 72.7 Å². The van der Waals surface area contributed by atoms with Crippen LogP contribution in [-0.4, -0.2) is 58.3 Å². The Morgan fingerprint density at radius 2 is 1.88 bits per heavy atom. The van der Waals surface area contributed by atoms with Crippen LogP contribution in [0.3, 0.4) is 0 Å². The lowest BCUT2D eigenvalue weighted by Crippen LogP contribution is -2.37. The number of anilines is 1. The molecule has 8 heteroatoms. The third-order valence-corrected chi connectivity index (χ3v) is 5.76. The molecule has 1 aliphatic rings. The molecule has 0 bridgehead atoms. The van der Waals surface area contributed by atoms with Gasteiger partial charge in [0.25, 0.3) is 5.91 Å². The fourth-order valence-corrected chi connectivity index (χ4v) is 4.03. The summed E-state index contributed by atoms with van der Waals surface area (Å²) >= 11 is 0. The number of rotatable bonds is 7. The Bertz CT molecular complexity index is 1230. The lowest BCUT2D eigenvalue weighted by molar-refractivity contribution is 0.0952. The van der Waals surface area contributed by atoms with Gasteiger partial charge in [-0.1, -0.05) is 24.3 Å². The van der Waals surface area contributed by atoms with E-state index in [1.807, 2.05) is 30.3 Å². The van der Waals surface area contributed by atoms with Crippen LogP contribution in [-0.2, 0) is 11.3 Å². The summed E-state index contributed by atoms with van der Waals surface area (Å²) in [5.74, 6) is 0.400. The van der Waals surface area contributed by atoms with E-state index < -0.39 is 0 Å².